The van der Waals surface area contributed by atoms with Crippen molar-refractivity contribution in [3.8, 4) is 0 Å². The maximum Gasteiger partial charge on any atom is 0.243 e. The van der Waals surface area contributed by atoms with Crippen LogP contribution in [0.5, 0.6) is 0 Å². The lowest BCUT2D eigenvalue weighted by molar-refractivity contribution is -0.136. The zero-order valence-electron chi connectivity index (χ0n) is 12.9. The third kappa shape index (κ3) is 3.59. The van der Waals surface area contributed by atoms with Crippen LogP contribution in [0, 0.1) is 0 Å². The van der Waals surface area contributed by atoms with Crippen molar-refractivity contribution in [3.05, 3.63) is 52.5 Å². The Morgan fingerprint density at radius 1 is 1.43 bits per heavy atom. The second-order valence-electron chi connectivity index (χ2n) is 5.67. The molecule has 1 saturated heterocycles. The first-order valence-electron chi connectivity index (χ1n) is 7.67. The number of nitrogens with zero attached hydrogens (tertiary/aromatic N) is 2. The highest BCUT2D eigenvalue weighted by Crippen LogP contribution is 2.24. The molecule has 0 spiro atoms. The number of pyridine rings is 1. The summed E-state index contributed by atoms with van der Waals surface area (Å²) in [5.41, 5.74) is 1.00. The van der Waals surface area contributed by atoms with Gasteiger partial charge in [-0.1, -0.05) is 6.07 Å². The van der Waals surface area contributed by atoms with Crippen molar-refractivity contribution in [3.63, 3.8) is 0 Å². The number of hydrogen-bond donors (Lipinski definition) is 1. The van der Waals surface area contributed by atoms with Crippen molar-refractivity contribution >= 4 is 23.2 Å². The lowest BCUT2D eigenvalue weighted by Gasteiger charge is -2.25. The van der Waals surface area contributed by atoms with Crippen LogP contribution < -0.4 is 5.32 Å². The molecule has 3 rings (SSSR count). The Hall–Kier alpha value is -2.21. The molecule has 1 aliphatic rings. The van der Waals surface area contributed by atoms with Crippen molar-refractivity contribution in [2.24, 2.45) is 0 Å². The molecular weight excluding hydrogens is 310 g/mol. The van der Waals surface area contributed by atoms with Crippen LogP contribution in [0.4, 0.5) is 0 Å². The summed E-state index contributed by atoms with van der Waals surface area (Å²) >= 11 is 1.60. The minimum absolute atomic E-state index is 0.0510. The second kappa shape index (κ2) is 6.91. The molecule has 120 valence electrons. The molecule has 6 heteroatoms. The second-order valence-corrected chi connectivity index (χ2v) is 6.70. The number of thiophene rings is 1. The number of hydrogen-bond acceptors (Lipinski definition) is 4. The maximum absolute atomic E-state index is 12.6. The normalized spacial score (nSPS) is 18.9. The van der Waals surface area contributed by atoms with Crippen molar-refractivity contribution in [2.75, 3.05) is 0 Å². The van der Waals surface area contributed by atoms with Gasteiger partial charge < -0.3 is 10.2 Å². The van der Waals surface area contributed by atoms with Crippen LogP contribution in [0.3, 0.4) is 0 Å². The molecule has 2 atom stereocenters. The van der Waals surface area contributed by atoms with Gasteiger partial charge in [0.25, 0.3) is 0 Å². The summed E-state index contributed by atoms with van der Waals surface area (Å²) in [6.45, 7) is 2.45. The number of aromatic nitrogens is 1. The first kappa shape index (κ1) is 15.7. The summed E-state index contributed by atoms with van der Waals surface area (Å²) in [7, 11) is 0. The van der Waals surface area contributed by atoms with E-state index in [1.54, 1.807) is 28.6 Å². The number of rotatable bonds is 5. The van der Waals surface area contributed by atoms with E-state index in [1.165, 1.54) is 0 Å². The molecule has 2 amide bonds. The van der Waals surface area contributed by atoms with Gasteiger partial charge in [0.1, 0.15) is 6.04 Å². The predicted molar refractivity (Wildman–Crippen MR) is 88.7 cm³/mol. The molecule has 2 aromatic heterocycles. The van der Waals surface area contributed by atoms with Crippen LogP contribution in [0.25, 0.3) is 0 Å². The topological polar surface area (TPSA) is 62.3 Å². The molecule has 1 fully saturated rings. The Morgan fingerprint density at radius 3 is 2.91 bits per heavy atom. The van der Waals surface area contributed by atoms with Gasteiger partial charge in [0.15, 0.2) is 0 Å². The first-order valence-corrected chi connectivity index (χ1v) is 8.55. The SMILES string of the molecule is C[C@@H](NC(=O)[C@@H]1CCC(=O)N1Cc1cccs1)c1ccncc1. The minimum Gasteiger partial charge on any atom is -0.348 e. The highest BCUT2D eigenvalue weighted by Gasteiger charge is 2.36. The summed E-state index contributed by atoms with van der Waals surface area (Å²) in [5.74, 6) is -0.0353. The monoisotopic (exact) mass is 329 g/mol. The standard InChI is InChI=1S/C17H19N3O2S/c1-12(13-6-8-18-9-7-13)19-17(22)15-4-5-16(21)20(15)11-14-3-2-10-23-14/h2-3,6-10,12,15H,4-5,11H2,1H3,(H,19,22)/t12-,15+/m1/s1. The highest BCUT2D eigenvalue weighted by atomic mass is 32.1. The Labute approximate surface area is 139 Å². The number of carbonyl (C=O) groups excluding carboxylic acids is 2. The molecule has 0 radical (unpaired) electrons. The van der Waals surface area contributed by atoms with Gasteiger partial charge in [-0.15, -0.1) is 11.3 Å². The average Bonchev–Trinajstić information content (AvgIpc) is 3.19. The Bertz CT molecular complexity index is 672. The summed E-state index contributed by atoms with van der Waals surface area (Å²) in [6.07, 6.45) is 4.44. The van der Waals surface area contributed by atoms with E-state index in [0.29, 0.717) is 19.4 Å². The van der Waals surface area contributed by atoms with E-state index in [2.05, 4.69) is 10.3 Å². The van der Waals surface area contributed by atoms with Crippen molar-refractivity contribution < 1.29 is 9.59 Å². The van der Waals surface area contributed by atoms with E-state index in [0.717, 1.165) is 10.4 Å². The molecule has 1 N–H and O–H groups in total. The molecule has 1 aliphatic heterocycles. The molecule has 0 aliphatic carbocycles. The van der Waals surface area contributed by atoms with E-state index < -0.39 is 0 Å². The van der Waals surface area contributed by atoms with E-state index in [1.807, 2.05) is 36.6 Å². The van der Waals surface area contributed by atoms with Crippen LogP contribution in [0.2, 0.25) is 0 Å². The fourth-order valence-corrected chi connectivity index (χ4v) is 3.52. The van der Waals surface area contributed by atoms with Crippen molar-refractivity contribution in [1.29, 1.82) is 0 Å². The van der Waals surface area contributed by atoms with Crippen LogP contribution in [0.15, 0.2) is 42.0 Å². The number of amides is 2. The van der Waals surface area contributed by atoms with Gasteiger partial charge in [-0.2, -0.15) is 0 Å². The molecular formula is C17H19N3O2S. The zero-order valence-corrected chi connectivity index (χ0v) is 13.8. The molecule has 5 nitrogen and oxygen atoms in total. The van der Waals surface area contributed by atoms with Crippen molar-refractivity contribution in [2.45, 2.75) is 38.4 Å². The Kier molecular flexibility index (Phi) is 4.71. The Balaban J connectivity index is 1.67. The largest absolute Gasteiger partial charge is 0.348 e. The molecule has 0 bridgehead atoms. The molecule has 0 saturated carbocycles. The minimum atomic E-state index is -0.381. The number of likely N-dealkylation sites (tertiary alicyclic amines) is 1. The third-order valence-electron chi connectivity index (χ3n) is 4.10. The number of nitrogens with one attached hydrogen (secondary N) is 1. The lowest BCUT2D eigenvalue weighted by Crippen LogP contribution is -2.44. The summed E-state index contributed by atoms with van der Waals surface area (Å²) < 4.78 is 0. The van der Waals surface area contributed by atoms with Gasteiger partial charge in [-0.3, -0.25) is 14.6 Å². The number of carbonyl (C=O) groups is 2. The van der Waals surface area contributed by atoms with E-state index in [9.17, 15) is 9.59 Å². The van der Waals surface area contributed by atoms with Crippen LogP contribution in [0.1, 0.15) is 36.2 Å². The molecule has 2 aromatic rings. The molecule has 0 aromatic carbocycles. The van der Waals surface area contributed by atoms with Gasteiger partial charge in [-0.25, -0.2) is 0 Å². The van der Waals surface area contributed by atoms with E-state index in [-0.39, 0.29) is 23.9 Å². The van der Waals surface area contributed by atoms with E-state index >= 15 is 0 Å². The van der Waals surface area contributed by atoms with E-state index in [4.69, 9.17) is 0 Å². The molecule has 23 heavy (non-hydrogen) atoms. The van der Waals surface area contributed by atoms with Gasteiger partial charge in [0, 0.05) is 23.7 Å². The average molecular weight is 329 g/mol. The Morgan fingerprint density at radius 2 is 2.22 bits per heavy atom. The predicted octanol–water partition coefficient (Wildman–Crippen LogP) is 2.51. The lowest BCUT2D eigenvalue weighted by atomic mass is 10.1. The molecule has 0 unspecified atom stereocenters. The smallest absolute Gasteiger partial charge is 0.243 e. The van der Waals surface area contributed by atoms with Gasteiger partial charge in [0.05, 0.1) is 12.6 Å². The molecule has 3 heterocycles. The van der Waals surface area contributed by atoms with Crippen LogP contribution >= 0.6 is 11.3 Å². The van der Waals surface area contributed by atoms with Gasteiger partial charge in [-0.05, 0) is 42.5 Å². The third-order valence-corrected chi connectivity index (χ3v) is 4.96. The van der Waals surface area contributed by atoms with Crippen molar-refractivity contribution in [1.82, 2.24) is 15.2 Å². The summed E-state index contributed by atoms with van der Waals surface area (Å²) in [6, 6.07) is 7.23. The van der Waals surface area contributed by atoms with Gasteiger partial charge in [0.2, 0.25) is 11.8 Å². The fraction of sp³-hybridized carbons (Fsp3) is 0.353. The van der Waals surface area contributed by atoms with Gasteiger partial charge >= 0.3 is 0 Å². The summed E-state index contributed by atoms with van der Waals surface area (Å²) in [5, 5.41) is 4.99. The zero-order chi connectivity index (χ0) is 16.2. The summed E-state index contributed by atoms with van der Waals surface area (Å²) in [4.78, 5) is 31.5. The highest BCUT2D eigenvalue weighted by molar-refractivity contribution is 7.09. The van der Waals surface area contributed by atoms with Crippen LogP contribution in [-0.2, 0) is 16.1 Å². The fourth-order valence-electron chi connectivity index (χ4n) is 2.82. The quantitative estimate of drug-likeness (QED) is 0.917. The maximum atomic E-state index is 12.6. The first-order chi connectivity index (χ1) is 11.1. The van der Waals surface area contributed by atoms with Crippen LogP contribution in [-0.4, -0.2) is 27.7 Å².